The molecule has 4 aromatic rings. The molecule has 3 amide bonds. The highest BCUT2D eigenvalue weighted by Crippen LogP contribution is 2.39. The number of anilines is 1. The number of fused-ring (bicyclic) bond motifs is 1. The number of ether oxygens (including phenoxy) is 2. The van der Waals surface area contributed by atoms with Gasteiger partial charge >= 0.3 is 20.0 Å². The number of hydrogen-bond donors (Lipinski definition) is 5. The Kier molecular flexibility index (Phi) is 14.0. The largest absolute Gasteiger partial charge is 0.469 e. The van der Waals surface area contributed by atoms with Gasteiger partial charge in [0.2, 0.25) is 5.43 Å². The maximum atomic E-state index is 13.8. The number of urea groups is 1. The summed E-state index contributed by atoms with van der Waals surface area (Å²) in [6.07, 6.45) is -2.07. The zero-order valence-electron chi connectivity index (χ0n) is 26.6. The third-order valence-electron chi connectivity index (χ3n) is 6.85. The van der Waals surface area contributed by atoms with E-state index in [0.29, 0.717) is 17.6 Å². The molecule has 15 nitrogen and oxygen atoms in total. The normalized spacial score (nSPS) is 11.8. The minimum atomic E-state index is -4.79. The number of carbonyl (C=O) groups is 2. The van der Waals surface area contributed by atoms with E-state index in [-0.39, 0.29) is 65.1 Å². The lowest BCUT2D eigenvalue weighted by Crippen LogP contribution is -2.33. The molecule has 0 bridgehead atoms. The first-order chi connectivity index (χ1) is 23.2. The number of thiazole rings is 1. The van der Waals surface area contributed by atoms with Gasteiger partial charge in [-0.25, -0.2) is 19.3 Å². The van der Waals surface area contributed by atoms with Crippen LogP contribution < -0.4 is 21.4 Å². The lowest BCUT2D eigenvalue weighted by molar-refractivity contribution is -0.140. The number of halogens is 4. The number of pyridine rings is 2. The van der Waals surface area contributed by atoms with E-state index < -0.39 is 49.7 Å². The maximum Gasteiger partial charge on any atom is 0.469 e. The number of benzene rings is 1. The number of methoxy groups -OCH3 is 2. The van der Waals surface area contributed by atoms with Gasteiger partial charge in [0.15, 0.2) is 5.69 Å². The number of phosphoric acid groups is 1. The van der Waals surface area contributed by atoms with Crippen LogP contribution in [0.4, 0.5) is 23.8 Å². The topological polar surface area (TPSA) is 203 Å². The van der Waals surface area contributed by atoms with E-state index >= 15 is 0 Å². The van der Waals surface area contributed by atoms with Crippen LogP contribution in [0.25, 0.3) is 32.6 Å². The molecule has 0 aliphatic rings. The molecule has 0 fully saturated rings. The Labute approximate surface area is 292 Å². The maximum absolute atomic E-state index is 13.8. The molecule has 50 heavy (non-hydrogen) atoms. The summed E-state index contributed by atoms with van der Waals surface area (Å²) in [5.74, 6) is -0.834. The molecule has 4 rings (SSSR count). The summed E-state index contributed by atoms with van der Waals surface area (Å²) in [5, 5.41) is 8.32. The van der Waals surface area contributed by atoms with Gasteiger partial charge < -0.3 is 34.5 Å². The molecule has 0 aliphatic heterocycles. The van der Waals surface area contributed by atoms with Crippen molar-refractivity contribution in [3.05, 3.63) is 63.5 Å². The van der Waals surface area contributed by atoms with E-state index in [1.165, 1.54) is 38.7 Å². The van der Waals surface area contributed by atoms with Gasteiger partial charge in [0.05, 0.1) is 31.4 Å². The predicted molar refractivity (Wildman–Crippen MR) is 181 cm³/mol. The highest BCUT2D eigenvalue weighted by atomic mass is 35.5. The fraction of sp³-hybridized carbons (Fsp3) is 0.345. The Morgan fingerprint density at radius 3 is 2.40 bits per heavy atom. The van der Waals surface area contributed by atoms with Crippen LogP contribution in [0.15, 0.2) is 46.8 Å². The van der Waals surface area contributed by atoms with Crippen LogP contribution >= 0.6 is 31.6 Å². The number of nitrogens with zero attached hydrogens (tertiary/aromatic N) is 3. The van der Waals surface area contributed by atoms with Crippen LogP contribution in [-0.2, 0) is 24.7 Å². The predicted octanol–water partition coefficient (Wildman–Crippen LogP) is 4.44. The molecular formula is C29H33ClF3N6O9PS. The van der Waals surface area contributed by atoms with Crippen LogP contribution in [0.5, 0.6) is 0 Å². The molecule has 21 heteroatoms. The van der Waals surface area contributed by atoms with Crippen LogP contribution in [0.2, 0.25) is 0 Å². The van der Waals surface area contributed by atoms with Gasteiger partial charge in [-0.15, -0.1) is 23.7 Å². The standard InChI is InChI=1S/C29H32F3N6O9PS.ClH/c1-4-33-28(41)37-24-10-18(27-36-23(15-49-27)29(30,31)32)20(11-35-24)16-5-6-22-19(9-16)25(39)21(12-38(22)17(13-45-2)14-46-3)26(40)34-7-8-47-48(42,43)44;/h5-6,9-12,15,17H,4,7-8,13-14H2,1-3H3,(H,34,40)(H2,42,43,44)(H2,33,35,37,41);1H. The monoisotopic (exact) mass is 764 g/mol. The third kappa shape index (κ3) is 10.1. The number of aromatic nitrogens is 3. The van der Waals surface area contributed by atoms with E-state index in [0.717, 1.165) is 16.7 Å². The molecule has 0 radical (unpaired) electrons. The Morgan fingerprint density at radius 2 is 1.80 bits per heavy atom. The zero-order valence-corrected chi connectivity index (χ0v) is 29.2. The van der Waals surface area contributed by atoms with Gasteiger partial charge in [0, 0.05) is 61.6 Å². The first-order valence-corrected chi connectivity index (χ1v) is 16.8. The average molecular weight is 765 g/mol. The zero-order chi connectivity index (χ0) is 35.9. The number of rotatable bonds is 14. The highest BCUT2D eigenvalue weighted by Gasteiger charge is 2.34. The lowest BCUT2D eigenvalue weighted by atomic mass is 9.99. The molecule has 3 aromatic heterocycles. The number of hydrogen-bond acceptors (Lipinski definition) is 10. The van der Waals surface area contributed by atoms with Gasteiger partial charge in [0.1, 0.15) is 16.4 Å². The van der Waals surface area contributed by atoms with E-state index in [4.69, 9.17) is 19.3 Å². The van der Waals surface area contributed by atoms with Crippen LogP contribution in [0.3, 0.4) is 0 Å². The quantitative estimate of drug-likeness (QED) is 0.0897. The highest BCUT2D eigenvalue weighted by molar-refractivity contribution is 7.46. The van der Waals surface area contributed by atoms with Gasteiger partial charge in [-0.1, -0.05) is 6.07 Å². The first kappa shape index (κ1) is 40.5. The van der Waals surface area contributed by atoms with Crippen LogP contribution in [0.1, 0.15) is 29.0 Å². The summed E-state index contributed by atoms with van der Waals surface area (Å²) in [4.78, 5) is 65.0. The van der Waals surface area contributed by atoms with Crippen molar-refractivity contribution < 1.29 is 51.1 Å². The second-order valence-corrected chi connectivity index (χ2v) is 12.4. The van der Waals surface area contributed by atoms with E-state index in [1.54, 1.807) is 23.6 Å². The van der Waals surface area contributed by atoms with Crippen molar-refractivity contribution in [2.45, 2.75) is 19.1 Å². The Balaban J connectivity index is 0.00000676. The number of alkyl halides is 3. The van der Waals surface area contributed by atoms with Crippen molar-refractivity contribution in [3.63, 3.8) is 0 Å². The molecule has 0 saturated heterocycles. The van der Waals surface area contributed by atoms with Crippen LogP contribution in [-0.4, -0.2) is 83.4 Å². The SMILES string of the molecule is CCNC(=O)Nc1cc(-c2nc(C(F)(F)F)cs2)c(-c2ccc3c(c2)c(=O)c(C(=O)NCCOP(=O)(O)O)cn3C(COC)COC)cn1.Cl. The van der Waals surface area contributed by atoms with E-state index in [2.05, 4.69) is 30.4 Å². The molecule has 0 aliphatic carbocycles. The summed E-state index contributed by atoms with van der Waals surface area (Å²) in [5.41, 5.74) is -1.01. The third-order valence-corrected chi connectivity index (χ3v) is 8.25. The fourth-order valence-corrected chi connectivity index (χ4v) is 5.97. The van der Waals surface area contributed by atoms with Crippen molar-refractivity contribution in [2.24, 2.45) is 0 Å². The molecule has 0 unspecified atom stereocenters. The van der Waals surface area contributed by atoms with Crippen molar-refractivity contribution in [1.82, 2.24) is 25.2 Å². The Hall–Kier alpha value is -3.94. The van der Waals surface area contributed by atoms with Crippen molar-refractivity contribution in [3.8, 4) is 21.7 Å². The van der Waals surface area contributed by atoms with Crippen molar-refractivity contribution >= 4 is 60.2 Å². The molecular weight excluding hydrogens is 732 g/mol. The smallest absolute Gasteiger partial charge is 0.382 e. The summed E-state index contributed by atoms with van der Waals surface area (Å²) in [6, 6.07) is 4.91. The molecule has 1 aromatic carbocycles. The molecule has 0 spiro atoms. The lowest BCUT2D eigenvalue weighted by Gasteiger charge is -2.23. The summed E-state index contributed by atoms with van der Waals surface area (Å²) in [7, 11) is -1.87. The summed E-state index contributed by atoms with van der Waals surface area (Å²) in [6.45, 7) is 1.37. The second kappa shape index (κ2) is 17.3. The van der Waals surface area contributed by atoms with Gasteiger partial charge in [-0.05, 0) is 30.7 Å². The van der Waals surface area contributed by atoms with Gasteiger partial charge in [-0.2, -0.15) is 13.2 Å². The van der Waals surface area contributed by atoms with Gasteiger partial charge in [0.25, 0.3) is 5.91 Å². The summed E-state index contributed by atoms with van der Waals surface area (Å²) >= 11 is 0.725. The Bertz CT molecular complexity index is 1930. The number of phosphoric ester groups is 1. The van der Waals surface area contributed by atoms with Crippen molar-refractivity contribution in [1.29, 1.82) is 0 Å². The van der Waals surface area contributed by atoms with Crippen LogP contribution in [0, 0.1) is 0 Å². The van der Waals surface area contributed by atoms with E-state index in [1.807, 2.05) is 0 Å². The van der Waals surface area contributed by atoms with E-state index in [9.17, 15) is 32.1 Å². The van der Waals surface area contributed by atoms with Crippen molar-refractivity contribution in [2.75, 3.05) is 52.4 Å². The summed E-state index contributed by atoms with van der Waals surface area (Å²) < 4.78 is 68.1. The average Bonchev–Trinajstić information content (AvgIpc) is 3.54. The van der Waals surface area contributed by atoms with Gasteiger partial charge in [-0.3, -0.25) is 19.4 Å². The number of carbonyl (C=O) groups excluding carboxylic acids is 2. The molecule has 0 atom stereocenters. The fourth-order valence-electron chi connectivity index (χ4n) is 4.78. The minimum Gasteiger partial charge on any atom is -0.382 e. The molecule has 272 valence electrons. The Morgan fingerprint density at radius 1 is 1.10 bits per heavy atom. The molecule has 5 N–H and O–H groups in total. The molecule has 0 saturated carbocycles. The second-order valence-electron chi connectivity index (χ2n) is 10.3. The number of nitrogens with one attached hydrogen (secondary N) is 3. The molecule has 3 heterocycles. The minimum absolute atomic E-state index is 0. The first-order valence-electron chi connectivity index (χ1n) is 14.4. The number of amides is 3.